The van der Waals surface area contributed by atoms with Crippen LogP contribution < -0.4 is 0 Å². The average Bonchev–Trinajstić information content (AvgIpc) is 2.82. The largest absolute Gasteiger partial charge is 0.481 e. The Morgan fingerprint density at radius 3 is 2.54 bits per heavy atom. The number of hydrogen-bond donors (Lipinski definition) is 2. The maximum absolute atomic E-state index is 12.2. The number of ether oxygens (including phenoxy) is 1. The fourth-order valence-corrected chi connectivity index (χ4v) is 3.32. The van der Waals surface area contributed by atoms with Crippen LogP contribution in [-0.4, -0.2) is 39.6 Å². The van der Waals surface area contributed by atoms with E-state index in [9.17, 15) is 19.5 Å². The van der Waals surface area contributed by atoms with E-state index in [2.05, 4.69) is 0 Å². The predicted molar refractivity (Wildman–Crippen MR) is 97.5 cm³/mol. The minimum Gasteiger partial charge on any atom is -0.481 e. The third-order valence-electron chi connectivity index (χ3n) is 4.64. The Hall–Kier alpha value is -1.95. The zero-order valence-corrected chi connectivity index (χ0v) is 15.6. The Labute approximate surface area is 154 Å². The molecule has 3 atom stereocenters. The van der Waals surface area contributed by atoms with Crippen LogP contribution >= 0.6 is 0 Å². The van der Waals surface area contributed by atoms with Crippen molar-refractivity contribution in [3.8, 4) is 0 Å². The van der Waals surface area contributed by atoms with Crippen molar-refractivity contribution in [2.75, 3.05) is 0 Å². The molecule has 1 aliphatic rings. The van der Waals surface area contributed by atoms with Gasteiger partial charge in [-0.3, -0.25) is 14.4 Å². The topological polar surface area (TPSA) is 101 Å². The van der Waals surface area contributed by atoms with Crippen LogP contribution in [-0.2, 0) is 19.1 Å². The molecule has 6 nitrogen and oxygen atoms in total. The van der Waals surface area contributed by atoms with Crippen LogP contribution in [0.3, 0.4) is 0 Å². The molecular formula is C20H30O6. The normalized spacial score (nSPS) is 23.5. The summed E-state index contributed by atoms with van der Waals surface area (Å²) in [4.78, 5) is 33.9. The number of carboxylic acids is 1. The maximum Gasteiger partial charge on any atom is 0.303 e. The monoisotopic (exact) mass is 366 g/mol. The molecule has 6 heteroatoms. The molecule has 0 aromatic rings. The van der Waals surface area contributed by atoms with Gasteiger partial charge >= 0.3 is 11.9 Å². The van der Waals surface area contributed by atoms with Crippen molar-refractivity contribution >= 4 is 17.7 Å². The van der Waals surface area contributed by atoms with Crippen molar-refractivity contribution < 1.29 is 29.3 Å². The molecule has 0 aromatic heterocycles. The van der Waals surface area contributed by atoms with Crippen LogP contribution in [0.1, 0.15) is 65.2 Å². The van der Waals surface area contributed by atoms with Crippen molar-refractivity contribution in [3.05, 3.63) is 24.3 Å². The highest BCUT2D eigenvalue weighted by molar-refractivity contribution is 5.96. The Morgan fingerprint density at radius 2 is 1.92 bits per heavy atom. The number of carbonyl (C=O) groups is 3. The minimum atomic E-state index is -1.21. The standard InChI is InChI=1S/C20H30O6/c1-3-9-16(26-15(2)21)14-17-18(22)11-13-20(17,25)12-8-6-4-5-7-10-19(23)24/h3,9,11,13,16-17,25H,4-8,10,12,14H2,1-2H3,(H,23,24). The molecule has 0 heterocycles. The van der Waals surface area contributed by atoms with E-state index in [0.29, 0.717) is 12.8 Å². The Kier molecular flexibility index (Phi) is 9.27. The molecule has 0 fully saturated rings. The summed E-state index contributed by atoms with van der Waals surface area (Å²) >= 11 is 0. The van der Waals surface area contributed by atoms with Gasteiger partial charge in [-0.15, -0.1) is 0 Å². The Morgan fingerprint density at radius 1 is 1.27 bits per heavy atom. The SMILES string of the molecule is CC=CC(CC1C(=O)C=CC1(O)CCCCCCCC(=O)O)OC(C)=O. The number of hydrogen-bond acceptors (Lipinski definition) is 5. The summed E-state index contributed by atoms with van der Waals surface area (Å²) in [5, 5.41) is 19.5. The fraction of sp³-hybridized carbons (Fsp3) is 0.650. The number of allylic oxidation sites excluding steroid dienone is 2. The molecule has 0 saturated carbocycles. The van der Waals surface area contributed by atoms with Gasteiger partial charge in [0.05, 0.1) is 11.5 Å². The molecule has 3 unspecified atom stereocenters. The first-order chi connectivity index (χ1) is 12.3. The van der Waals surface area contributed by atoms with Gasteiger partial charge in [-0.25, -0.2) is 0 Å². The lowest BCUT2D eigenvalue weighted by atomic mass is 9.81. The second-order valence-electron chi connectivity index (χ2n) is 6.85. The van der Waals surface area contributed by atoms with Crippen molar-refractivity contribution in [2.24, 2.45) is 5.92 Å². The molecule has 0 spiro atoms. The van der Waals surface area contributed by atoms with Crippen molar-refractivity contribution in [2.45, 2.75) is 76.9 Å². The summed E-state index contributed by atoms with van der Waals surface area (Å²) in [6.07, 6.45) is 10.9. The molecule has 0 saturated heterocycles. The molecule has 26 heavy (non-hydrogen) atoms. The van der Waals surface area contributed by atoms with Crippen LogP contribution in [0.25, 0.3) is 0 Å². The van der Waals surface area contributed by atoms with Gasteiger partial charge < -0.3 is 14.9 Å². The lowest BCUT2D eigenvalue weighted by Crippen LogP contribution is -2.38. The Bertz CT molecular complexity index is 551. The zero-order valence-electron chi connectivity index (χ0n) is 15.6. The number of rotatable bonds is 12. The number of aliphatic carboxylic acids is 1. The van der Waals surface area contributed by atoms with Gasteiger partial charge in [0.1, 0.15) is 6.10 Å². The van der Waals surface area contributed by atoms with Crippen molar-refractivity contribution in [3.63, 3.8) is 0 Å². The molecular weight excluding hydrogens is 336 g/mol. The molecule has 146 valence electrons. The summed E-state index contributed by atoms with van der Waals surface area (Å²) in [5.41, 5.74) is -1.21. The number of aliphatic hydroxyl groups is 1. The van der Waals surface area contributed by atoms with Gasteiger partial charge in [-0.2, -0.15) is 0 Å². The third-order valence-corrected chi connectivity index (χ3v) is 4.64. The molecule has 2 N–H and O–H groups in total. The number of ketones is 1. The first-order valence-electron chi connectivity index (χ1n) is 9.26. The van der Waals surface area contributed by atoms with Crippen LogP contribution in [0.4, 0.5) is 0 Å². The van der Waals surface area contributed by atoms with Crippen molar-refractivity contribution in [1.29, 1.82) is 0 Å². The first-order valence-corrected chi connectivity index (χ1v) is 9.26. The second kappa shape index (κ2) is 10.9. The zero-order chi connectivity index (χ0) is 19.6. The van der Waals surface area contributed by atoms with Crippen molar-refractivity contribution in [1.82, 2.24) is 0 Å². The Balaban J connectivity index is 2.51. The first kappa shape index (κ1) is 22.1. The molecule has 0 aromatic carbocycles. The van der Waals surface area contributed by atoms with E-state index in [1.165, 1.54) is 13.0 Å². The third kappa shape index (κ3) is 7.52. The molecule has 1 aliphatic carbocycles. The lowest BCUT2D eigenvalue weighted by molar-refractivity contribution is -0.147. The average molecular weight is 366 g/mol. The van der Waals surface area contributed by atoms with E-state index in [-0.39, 0.29) is 18.6 Å². The predicted octanol–water partition coefficient (Wildman–Crippen LogP) is 3.19. The maximum atomic E-state index is 12.2. The van der Waals surface area contributed by atoms with Gasteiger partial charge in [0.25, 0.3) is 0 Å². The summed E-state index contributed by atoms with van der Waals surface area (Å²) < 4.78 is 5.22. The van der Waals surface area contributed by atoms with Gasteiger partial charge in [-0.05, 0) is 38.0 Å². The summed E-state index contributed by atoms with van der Waals surface area (Å²) in [7, 11) is 0. The van der Waals surface area contributed by atoms with E-state index >= 15 is 0 Å². The minimum absolute atomic E-state index is 0.143. The van der Waals surface area contributed by atoms with Crippen LogP contribution in [0, 0.1) is 5.92 Å². The van der Waals surface area contributed by atoms with E-state index in [4.69, 9.17) is 9.84 Å². The number of carboxylic acid groups (broad SMARTS) is 1. The van der Waals surface area contributed by atoms with Crippen LogP contribution in [0.5, 0.6) is 0 Å². The molecule has 0 amide bonds. The summed E-state index contributed by atoms with van der Waals surface area (Å²) in [6.45, 7) is 3.13. The quantitative estimate of drug-likeness (QED) is 0.312. The lowest BCUT2D eigenvalue weighted by Gasteiger charge is -2.30. The van der Waals surface area contributed by atoms with Gasteiger partial charge in [-0.1, -0.05) is 31.8 Å². The molecule has 0 aliphatic heterocycles. The number of carbonyl (C=O) groups excluding carboxylic acids is 2. The van der Waals surface area contributed by atoms with E-state index < -0.39 is 29.6 Å². The van der Waals surface area contributed by atoms with Crippen LogP contribution in [0.2, 0.25) is 0 Å². The van der Waals surface area contributed by atoms with Gasteiger partial charge in [0.15, 0.2) is 5.78 Å². The molecule has 0 bridgehead atoms. The fourth-order valence-electron chi connectivity index (χ4n) is 3.32. The van der Waals surface area contributed by atoms with E-state index in [1.54, 1.807) is 18.2 Å². The van der Waals surface area contributed by atoms with Gasteiger partial charge in [0, 0.05) is 19.8 Å². The van der Waals surface area contributed by atoms with E-state index in [0.717, 1.165) is 25.7 Å². The highest BCUT2D eigenvalue weighted by Crippen LogP contribution is 2.36. The summed E-state index contributed by atoms with van der Waals surface area (Å²) in [5.74, 6) is -1.96. The smallest absolute Gasteiger partial charge is 0.303 e. The molecule has 1 rings (SSSR count). The molecule has 0 radical (unpaired) electrons. The second-order valence-corrected chi connectivity index (χ2v) is 6.85. The number of esters is 1. The number of unbranched alkanes of at least 4 members (excludes halogenated alkanes) is 4. The van der Waals surface area contributed by atoms with Crippen LogP contribution in [0.15, 0.2) is 24.3 Å². The highest BCUT2D eigenvalue weighted by atomic mass is 16.5. The highest BCUT2D eigenvalue weighted by Gasteiger charge is 2.43. The van der Waals surface area contributed by atoms with E-state index in [1.807, 2.05) is 6.92 Å². The van der Waals surface area contributed by atoms with Gasteiger partial charge in [0.2, 0.25) is 0 Å². The summed E-state index contributed by atoms with van der Waals surface area (Å²) in [6, 6.07) is 0.